The molecule has 0 spiro atoms. The molecule has 0 saturated carbocycles. The summed E-state index contributed by atoms with van der Waals surface area (Å²) in [5.74, 6) is 0.457. The molecule has 0 radical (unpaired) electrons. The standard InChI is InChI=1S/C18H17ClFNO3/c1-23-16-7-4-13(10-17(16)24-2)11-21-18(22)8-5-12-3-6-15(20)14(19)9-12/h3-10H,11H2,1-2H3,(H,21,22)/b8-5+. The highest BCUT2D eigenvalue weighted by Gasteiger charge is 2.05. The van der Waals surface area contributed by atoms with Crippen molar-refractivity contribution < 1.29 is 18.7 Å². The summed E-state index contributed by atoms with van der Waals surface area (Å²) in [5.41, 5.74) is 1.52. The van der Waals surface area contributed by atoms with Gasteiger partial charge in [-0.15, -0.1) is 0 Å². The number of carbonyl (C=O) groups excluding carboxylic acids is 1. The monoisotopic (exact) mass is 349 g/mol. The first-order chi connectivity index (χ1) is 11.5. The van der Waals surface area contributed by atoms with Crippen LogP contribution in [0, 0.1) is 5.82 Å². The molecule has 6 heteroatoms. The fourth-order valence-corrected chi connectivity index (χ4v) is 2.22. The van der Waals surface area contributed by atoms with Crippen molar-refractivity contribution in [3.05, 3.63) is 64.4 Å². The average Bonchev–Trinajstić information content (AvgIpc) is 2.60. The molecule has 0 heterocycles. The maximum absolute atomic E-state index is 13.1. The summed E-state index contributed by atoms with van der Waals surface area (Å²) < 4.78 is 23.4. The molecule has 24 heavy (non-hydrogen) atoms. The Kier molecular flexibility index (Phi) is 6.21. The van der Waals surface area contributed by atoms with Gasteiger partial charge in [-0.25, -0.2) is 4.39 Å². The first-order valence-electron chi connectivity index (χ1n) is 7.15. The van der Waals surface area contributed by atoms with E-state index in [9.17, 15) is 9.18 Å². The highest BCUT2D eigenvalue weighted by atomic mass is 35.5. The van der Waals surface area contributed by atoms with Gasteiger partial charge >= 0.3 is 0 Å². The van der Waals surface area contributed by atoms with Gasteiger partial charge in [0.15, 0.2) is 11.5 Å². The summed E-state index contributed by atoms with van der Waals surface area (Å²) in [6.07, 6.45) is 2.93. The topological polar surface area (TPSA) is 47.6 Å². The quantitative estimate of drug-likeness (QED) is 0.806. The Morgan fingerprint density at radius 1 is 1.17 bits per heavy atom. The van der Waals surface area contributed by atoms with Crippen molar-refractivity contribution in [1.82, 2.24) is 5.32 Å². The van der Waals surface area contributed by atoms with Crippen molar-refractivity contribution in [3.63, 3.8) is 0 Å². The van der Waals surface area contributed by atoms with Crippen LogP contribution in [0.4, 0.5) is 4.39 Å². The first-order valence-corrected chi connectivity index (χ1v) is 7.53. The van der Waals surface area contributed by atoms with Crippen LogP contribution >= 0.6 is 11.6 Å². The molecule has 0 aliphatic carbocycles. The second-order valence-corrected chi connectivity index (χ2v) is 5.32. The number of carbonyl (C=O) groups is 1. The van der Waals surface area contributed by atoms with Gasteiger partial charge in [0.25, 0.3) is 0 Å². The summed E-state index contributed by atoms with van der Waals surface area (Å²) in [6.45, 7) is 0.341. The molecule has 0 atom stereocenters. The van der Waals surface area contributed by atoms with E-state index in [2.05, 4.69) is 5.32 Å². The fraction of sp³-hybridized carbons (Fsp3) is 0.167. The molecule has 0 aliphatic rings. The summed E-state index contributed by atoms with van der Waals surface area (Å²) >= 11 is 5.69. The zero-order valence-corrected chi connectivity index (χ0v) is 14.1. The number of ether oxygens (including phenoxy) is 2. The number of amides is 1. The molecule has 126 valence electrons. The van der Waals surface area contributed by atoms with Crippen LogP contribution in [-0.2, 0) is 11.3 Å². The van der Waals surface area contributed by atoms with Crippen LogP contribution in [0.15, 0.2) is 42.5 Å². The van der Waals surface area contributed by atoms with E-state index in [0.29, 0.717) is 23.6 Å². The van der Waals surface area contributed by atoms with Crippen molar-refractivity contribution >= 4 is 23.6 Å². The second kappa shape index (κ2) is 8.36. The molecular formula is C18H17ClFNO3. The number of hydrogen-bond donors (Lipinski definition) is 1. The molecule has 0 fully saturated rings. The van der Waals surface area contributed by atoms with E-state index >= 15 is 0 Å². The van der Waals surface area contributed by atoms with Crippen molar-refractivity contribution in [1.29, 1.82) is 0 Å². The zero-order chi connectivity index (χ0) is 17.5. The lowest BCUT2D eigenvalue weighted by Crippen LogP contribution is -2.20. The molecule has 2 aromatic carbocycles. The summed E-state index contributed by atoms with van der Waals surface area (Å²) in [4.78, 5) is 11.9. The number of rotatable bonds is 6. The molecule has 0 unspecified atom stereocenters. The highest BCUT2D eigenvalue weighted by molar-refractivity contribution is 6.30. The largest absolute Gasteiger partial charge is 0.493 e. The van der Waals surface area contributed by atoms with Crippen LogP contribution in [0.1, 0.15) is 11.1 Å². The molecule has 0 bridgehead atoms. The summed E-state index contributed by atoms with van der Waals surface area (Å²) in [6, 6.07) is 9.65. The number of benzene rings is 2. The zero-order valence-electron chi connectivity index (χ0n) is 13.3. The van der Waals surface area contributed by atoms with E-state index in [1.54, 1.807) is 38.5 Å². The van der Waals surface area contributed by atoms with Crippen molar-refractivity contribution in [2.24, 2.45) is 0 Å². The van der Waals surface area contributed by atoms with E-state index in [1.165, 1.54) is 18.2 Å². The third-order valence-electron chi connectivity index (χ3n) is 3.29. The highest BCUT2D eigenvalue weighted by Crippen LogP contribution is 2.27. The van der Waals surface area contributed by atoms with Gasteiger partial charge in [-0.1, -0.05) is 23.7 Å². The predicted octanol–water partition coefficient (Wildman–Crippen LogP) is 3.83. The van der Waals surface area contributed by atoms with E-state index in [1.807, 2.05) is 6.07 Å². The van der Waals surface area contributed by atoms with E-state index in [0.717, 1.165) is 5.56 Å². The van der Waals surface area contributed by atoms with Gasteiger partial charge in [0.2, 0.25) is 5.91 Å². The van der Waals surface area contributed by atoms with Crippen LogP contribution in [0.5, 0.6) is 11.5 Å². The molecule has 0 aromatic heterocycles. The fourth-order valence-electron chi connectivity index (χ4n) is 2.03. The lowest BCUT2D eigenvalue weighted by atomic mass is 10.2. The number of nitrogens with one attached hydrogen (secondary N) is 1. The molecule has 1 amide bonds. The minimum atomic E-state index is -0.494. The molecule has 2 aromatic rings. The summed E-state index contributed by atoms with van der Waals surface area (Å²) in [5, 5.41) is 2.77. The Hall–Kier alpha value is -2.53. The Morgan fingerprint density at radius 2 is 1.92 bits per heavy atom. The Labute approximate surface area is 144 Å². The Bertz CT molecular complexity index is 762. The summed E-state index contributed by atoms with van der Waals surface area (Å²) in [7, 11) is 3.11. The van der Waals surface area contributed by atoms with Crippen LogP contribution < -0.4 is 14.8 Å². The van der Waals surface area contributed by atoms with Crippen molar-refractivity contribution in [3.8, 4) is 11.5 Å². The van der Waals surface area contributed by atoms with Gasteiger partial charge in [0.1, 0.15) is 5.82 Å². The lowest BCUT2D eigenvalue weighted by molar-refractivity contribution is -0.116. The van der Waals surface area contributed by atoms with Gasteiger partial charge < -0.3 is 14.8 Å². The Balaban J connectivity index is 1.95. The molecule has 2 rings (SSSR count). The SMILES string of the molecule is COc1ccc(CNC(=O)/C=C/c2ccc(F)c(Cl)c2)cc1OC. The van der Waals surface area contributed by atoms with Crippen LogP contribution in [0.3, 0.4) is 0 Å². The smallest absolute Gasteiger partial charge is 0.244 e. The third kappa shape index (κ3) is 4.73. The maximum atomic E-state index is 13.1. The number of hydrogen-bond acceptors (Lipinski definition) is 3. The average molecular weight is 350 g/mol. The molecule has 0 aliphatic heterocycles. The van der Waals surface area contributed by atoms with Crippen molar-refractivity contribution in [2.45, 2.75) is 6.54 Å². The predicted molar refractivity (Wildman–Crippen MR) is 91.8 cm³/mol. The third-order valence-corrected chi connectivity index (χ3v) is 3.58. The maximum Gasteiger partial charge on any atom is 0.244 e. The van der Waals surface area contributed by atoms with Crippen LogP contribution in [0.2, 0.25) is 5.02 Å². The molecule has 0 saturated heterocycles. The first kappa shape index (κ1) is 17.8. The van der Waals surface area contributed by atoms with E-state index in [4.69, 9.17) is 21.1 Å². The van der Waals surface area contributed by atoms with Gasteiger partial charge in [0, 0.05) is 12.6 Å². The number of methoxy groups -OCH3 is 2. The van der Waals surface area contributed by atoms with Crippen LogP contribution in [0.25, 0.3) is 6.08 Å². The Morgan fingerprint density at radius 3 is 2.58 bits per heavy atom. The van der Waals surface area contributed by atoms with Crippen LogP contribution in [-0.4, -0.2) is 20.1 Å². The van der Waals surface area contributed by atoms with Gasteiger partial charge in [0.05, 0.1) is 19.2 Å². The minimum absolute atomic E-state index is 0.0166. The molecular weight excluding hydrogens is 333 g/mol. The molecule has 1 N–H and O–H groups in total. The minimum Gasteiger partial charge on any atom is -0.493 e. The number of halogens is 2. The normalized spacial score (nSPS) is 10.7. The van der Waals surface area contributed by atoms with Gasteiger partial charge in [-0.2, -0.15) is 0 Å². The second-order valence-electron chi connectivity index (χ2n) is 4.91. The molecule has 4 nitrogen and oxygen atoms in total. The lowest BCUT2D eigenvalue weighted by Gasteiger charge is -2.09. The van der Waals surface area contributed by atoms with Crippen molar-refractivity contribution in [2.75, 3.05) is 14.2 Å². The van der Waals surface area contributed by atoms with E-state index < -0.39 is 5.82 Å². The van der Waals surface area contributed by atoms with E-state index in [-0.39, 0.29) is 10.9 Å². The van der Waals surface area contributed by atoms with Gasteiger partial charge in [-0.3, -0.25) is 4.79 Å². The van der Waals surface area contributed by atoms with Gasteiger partial charge in [-0.05, 0) is 41.5 Å².